The van der Waals surface area contributed by atoms with Crippen molar-refractivity contribution < 1.29 is 37.3 Å². The molecule has 1 fully saturated rings. The van der Waals surface area contributed by atoms with E-state index < -0.39 is 51.5 Å². The highest BCUT2D eigenvalue weighted by Crippen LogP contribution is 2.25. The summed E-state index contributed by atoms with van der Waals surface area (Å²) in [6.07, 6.45) is 2.40. The standard InChI is InChI=1S/C14H17N9O8S2/c1-14(2,12(26)27)31-20-8(9-19-13(15)32-21-9)10(24)18-7-6(3-22-5-16-4-17-22)23(11(7)25)33(28,29)30/h4-7H,3H2,1-2H3,(H,18,24)(H,26,27)(H2,15,19,21)(H,28,29,30). The number of amides is 2. The number of hydrogen-bond acceptors (Lipinski definition) is 13. The molecule has 0 bridgehead atoms. The van der Waals surface area contributed by atoms with E-state index in [2.05, 4.69) is 29.9 Å². The van der Waals surface area contributed by atoms with Gasteiger partial charge in [-0.15, -0.1) is 0 Å². The molecule has 0 aromatic carbocycles. The van der Waals surface area contributed by atoms with Crippen LogP contribution in [0.5, 0.6) is 0 Å². The third-order valence-electron chi connectivity index (χ3n) is 4.29. The molecule has 1 saturated heterocycles. The van der Waals surface area contributed by atoms with E-state index in [4.69, 9.17) is 15.7 Å². The Morgan fingerprint density at radius 3 is 2.64 bits per heavy atom. The van der Waals surface area contributed by atoms with Gasteiger partial charge in [0, 0.05) is 11.5 Å². The number of rotatable bonds is 9. The van der Waals surface area contributed by atoms with Crippen molar-refractivity contribution in [3.63, 3.8) is 0 Å². The van der Waals surface area contributed by atoms with Gasteiger partial charge in [-0.05, 0) is 13.8 Å². The van der Waals surface area contributed by atoms with Crippen molar-refractivity contribution in [2.75, 3.05) is 5.73 Å². The van der Waals surface area contributed by atoms with E-state index in [0.717, 1.165) is 6.33 Å². The third kappa shape index (κ3) is 5.04. The molecular formula is C14H17N9O8S2. The lowest BCUT2D eigenvalue weighted by Crippen LogP contribution is -2.73. The maximum absolute atomic E-state index is 12.9. The van der Waals surface area contributed by atoms with Crippen LogP contribution in [0.25, 0.3) is 0 Å². The molecule has 33 heavy (non-hydrogen) atoms. The van der Waals surface area contributed by atoms with Crippen LogP contribution >= 0.6 is 11.5 Å². The van der Waals surface area contributed by atoms with Gasteiger partial charge < -0.3 is 21.0 Å². The number of hydrogen-bond donors (Lipinski definition) is 4. The van der Waals surface area contributed by atoms with Crippen molar-refractivity contribution in [1.29, 1.82) is 0 Å². The minimum Gasteiger partial charge on any atom is -0.478 e. The van der Waals surface area contributed by atoms with E-state index in [1.807, 2.05) is 0 Å². The normalized spacial score (nSPS) is 19.2. The molecule has 3 rings (SSSR count). The summed E-state index contributed by atoms with van der Waals surface area (Å²) in [5.41, 5.74) is 3.07. The van der Waals surface area contributed by atoms with E-state index >= 15 is 0 Å². The first-order chi connectivity index (χ1) is 15.3. The predicted molar refractivity (Wildman–Crippen MR) is 108 cm³/mol. The van der Waals surface area contributed by atoms with Crippen LogP contribution in [0.2, 0.25) is 0 Å². The molecule has 2 amide bonds. The fourth-order valence-corrected chi connectivity index (χ4v) is 3.89. The summed E-state index contributed by atoms with van der Waals surface area (Å²) in [6.45, 7) is 2.10. The second-order valence-corrected chi connectivity index (χ2v) is 9.12. The Morgan fingerprint density at radius 2 is 2.12 bits per heavy atom. The summed E-state index contributed by atoms with van der Waals surface area (Å²) in [5.74, 6) is -3.93. The lowest BCUT2D eigenvalue weighted by Gasteiger charge is -2.43. The molecule has 0 saturated carbocycles. The monoisotopic (exact) mass is 503 g/mol. The van der Waals surface area contributed by atoms with Crippen LogP contribution in [0.1, 0.15) is 19.7 Å². The largest absolute Gasteiger partial charge is 0.478 e. The number of nitrogens with one attached hydrogen (secondary N) is 1. The number of β-lactam (4-membered cyclic amide) rings is 1. The van der Waals surface area contributed by atoms with Gasteiger partial charge in [-0.2, -0.15) is 22.9 Å². The summed E-state index contributed by atoms with van der Waals surface area (Å²) in [7, 11) is -4.93. The number of carboxylic acid groups (broad SMARTS) is 1. The van der Waals surface area contributed by atoms with Crippen molar-refractivity contribution in [2.45, 2.75) is 38.1 Å². The smallest absolute Gasteiger partial charge is 0.362 e. The zero-order valence-corrected chi connectivity index (χ0v) is 18.5. The Labute approximate surface area is 189 Å². The van der Waals surface area contributed by atoms with E-state index in [-0.39, 0.29) is 21.8 Å². The number of oxime groups is 1. The van der Waals surface area contributed by atoms with E-state index in [1.165, 1.54) is 24.9 Å². The summed E-state index contributed by atoms with van der Waals surface area (Å²) < 4.78 is 37.7. The first-order valence-electron chi connectivity index (χ1n) is 8.84. The van der Waals surface area contributed by atoms with Gasteiger partial charge in [0.1, 0.15) is 18.7 Å². The maximum atomic E-state index is 12.9. The average Bonchev–Trinajstić information content (AvgIpc) is 3.36. The lowest BCUT2D eigenvalue weighted by atomic mass is 9.98. The Bertz CT molecular complexity index is 1210. The fraction of sp³-hybridized carbons (Fsp3) is 0.429. The van der Waals surface area contributed by atoms with E-state index in [9.17, 15) is 27.4 Å². The molecule has 178 valence electrons. The second kappa shape index (κ2) is 8.67. The minimum atomic E-state index is -4.93. The van der Waals surface area contributed by atoms with Gasteiger partial charge in [0.2, 0.25) is 17.1 Å². The highest BCUT2D eigenvalue weighted by atomic mass is 32.2. The molecule has 0 aliphatic carbocycles. The molecule has 2 aromatic heterocycles. The molecule has 5 N–H and O–H groups in total. The van der Waals surface area contributed by atoms with Crippen LogP contribution in [-0.2, 0) is 36.1 Å². The van der Waals surface area contributed by atoms with Crippen molar-refractivity contribution >= 4 is 50.5 Å². The van der Waals surface area contributed by atoms with E-state index in [1.54, 1.807) is 0 Å². The van der Waals surface area contributed by atoms with Gasteiger partial charge >= 0.3 is 16.3 Å². The van der Waals surface area contributed by atoms with Crippen LogP contribution in [0.3, 0.4) is 0 Å². The topological polar surface area (TPSA) is 245 Å². The van der Waals surface area contributed by atoms with Gasteiger partial charge in [0.15, 0.2) is 5.13 Å². The number of nitrogens with two attached hydrogens (primary N) is 1. The molecule has 2 unspecified atom stereocenters. The summed E-state index contributed by atoms with van der Waals surface area (Å²) >= 11 is 0.714. The highest BCUT2D eigenvalue weighted by molar-refractivity contribution is 7.84. The molecule has 2 aromatic rings. The molecule has 2 atom stereocenters. The second-order valence-electron chi connectivity index (χ2n) is 7.05. The molecule has 1 aliphatic heterocycles. The van der Waals surface area contributed by atoms with Crippen molar-refractivity contribution in [3.8, 4) is 0 Å². The highest BCUT2D eigenvalue weighted by Gasteiger charge is 2.54. The Morgan fingerprint density at radius 1 is 1.42 bits per heavy atom. The summed E-state index contributed by atoms with van der Waals surface area (Å²) in [6, 6.07) is -2.69. The number of aromatic nitrogens is 5. The maximum Gasteiger partial charge on any atom is 0.362 e. The Hall–Kier alpha value is -3.71. The van der Waals surface area contributed by atoms with Gasteiger partial charge in [0.05, 0.1) is 12.6 Å². The van der Waals surface area contributed by atoms with E-state index in [0.29, 0.717) is 11.5 Å². The number of carbonyl (C=O) groups excluding carboxylic acids is 2. The van der Waals surface area contributed by atoms with Crippen molar-refractivity contribution in [1.82, 2.24) is 33.7 Å². The first kappa shape index (κ1) is 23.9. The average molecular weight is 503 g/mol. The Kier molecular flexibility index (Phi) is 6.29. The van der Waals surface area contributed by atoms with Crippen LogP contribution < -0.4 is 11.1 Å². The van der Waals surface area contributed by atoms with Crippen LogP contribution in [0.4, 0.5) is 5.13 Å². The predicted octanol–water partition coefficient (Wildman–Crippen LogP) is -2.51. The zero-order chi connectivity index (χ0) is 24.6. The number of carbonyl (C=O) groups is 3. The Balaban J connectivity index is 1.88. The van der Waals surface area contributed by atoms with Crippen molar-refractivity contribution in [3.05, 3.63) is 18.5 Å². The number of carboxylic acids is 1. The van der Waals surface area contributed by atoms with Crippen molar-refractivity contribution in [2.24, 2.45) is 5.16 Å². The molecule has 3 heterocycles. The molecule has 19 heteroatoms. The number of aliphatic carboxylic acids is 1. The summed E-state index contributed by atoms with van der Waals surface area (Å²) in [5, 5.41) is 18.7. The number of nitrogen functional groups attached to an aromatic ring is 1. The fourth-order valence-electron chi connectivity index (χ4n) is 2.58. The van der Waals surface area contributed by atoms with Gasteiger partial charge in [-0.3, -0.25) is 18.8 Å². The van der Waals surface area contributed by atoms with Crippen LogP contribution in [-0.4, -0.2) is 87.7 Å². The van der Waals surface area contributed by atoms with Gasteiger partial charge in [0.25, 0.3) is 11.8 Å². The number of nitrogens with zero attached hydrogens (tertiary/aromatic N) is 7. The molecular weight excluding hydrogens is 486 g/mol. The number of anilines is 1. The molecule has 1 aliphatic rings. The van der Waals surface area contributed by atoms with Crippen LogP contribution in [0.15, 0.2) is 17.8 Å². The molecule has 17 nitrogen and oxygen atoms in total. The van der Waals surface area contributed by atoms with Gasteiger partial charge in [-0.1, -0.05) is 5.16 Å². The molecule has 0 radical (unpaired) electrons. The summed E-state index contributed by atoms with van der Waals surface area (Å²) in [4.78, 5) is 49.0. The van der Waals surface area contributed by atoms with Gasteiger partial charge in [-0.25, -0.2) is 14.1 Å². The zero-order valence-electron chi connectivity index (χ0n) is 16.9. The first-order valence-corrected chi connectivity index (χ1v) is 11.0. The third-order valence-corrected chi connectivity index (χ3v) is 5.78. The lowest BCUT2D eigenvalue weighted by molar-refractivity contribution is -0.161. The van der Waals surface area contributed by atoms with Crippen LogP contribution in [0, 0.1) is 0 Å². The molecule has 0 spiro atoms. The SMILES string of the molecule is CC(C)(ON=C(C(=O)NC1C(=O)N(S(=O)(=O)O)C1Cn1cncn1)c1nsc(N)n1)C(=O)O. The minimum absolute atomic E-state index is 0.0377. The quantitative estimate of drug-likeness (QED) is 0.120.